The highest BCUT2D eigenvalue weighted by Crippen LogP contribution is 2.30. The van der Waals surface area contributed by atoms with Crippen LogP contribution < -0.4 is 5.32 Å². The number of halogens is 2. The van der Waals surface area contributed by atoms with Crippen molar-refractivity contribution in [1.82, 2.24) is 9.62 Å². The molecule has 0 radical (unpaired) electrons. The zero-order valence-corrected chi connectivity index (χ0v) is 15.7. The van der Waals surface area contributed by atoms with Crippen LogP contribution in [0.2, 0.25) is 0 Å². The Morgan fingerprint density at radius 3 is 2.43 bits per heavy atom. The Bertz CT molecular complexity index is 566. The highest BCUT2D eigenvalue weighted by Gasteiger charge is 2.31. The van der Waals surface area contributed by atoms with Gasteiger partial charge in [0.25, 0.3) is 10.0 Å². The molecule has 2 fully saturated rings. The lowest BCUT2D eigenvalue weighted by Gasteiger charge is -2.31. The minimum atomic E-state index is -3.29. The van der Waals surface area contributed by atoms with E-state index in [1.807, 2.05) is 0 Å². The van der Waals surface area contributed by atoms with Gasteiger partial charge in [-0.2, -0.15) is 4.31 Å². The van der Waals surface area contributed by atoms with Crippen molar-refractivity contribution in [2.75, 3.05) is 19.6 Å². The summed E-state index contributed by atoms with van der Waals surface area (Å²) in [6.45, 7) is 2.36. The van der Waals surface area contributed by atoms with Crippen molar-refractivity contribution < 1.29 is 8.42 Å². The molecule has 1 aromatic heterocycles. The summed E-state index contributed by atoms with van der Waals surface area (Å²) < 4.78 is 27.9. The van der Waals surface area contributed by atoms with Gasteiger partial charge < -0.3 is 5.32 Å². The maximum absolute atomic E-state index is 12.5. The van der Waals surface area contributed by atoms with Gasteiger partial charge in [-0.15, -0.1) is 23.7 Å². The highest BCUT2D eigenvalue weighted by atomic mass is 79.9. The van der Waals surface area contributed by atoms with Crippen LogP contribution in [0.4, 0.5) is 0 Å². The summed E-state index contributed by atoms with van der Waals surface area (Å²) in [7, 11) is -3.29. The van der Waals surface area contributed by atoms with E-state index in [1.165, 1.54) is 24.2 Å². The van der Waals surface area contributed by atoms with Crippen LogP contribution in [0.25, 0.3) is 0 Å². The van der Waals surface area contributed by atoms with Crippen LogP contribution in [0, 0.1) is 5.92 Å². The van der Waals surface area contributed by atoms with Crippen molar-refractivity contribution in [2.24, 2.45) is 5.92 Å². The van der Waals surface area contributed by atoms with Crippen molar-refractivity contribution in [3.05, 3.63) is 15.9 Å². The van der Waals surface area contributed by atoms with Crippen LogP contribution in [0.3, 0.4) is 0 Å². The monoisotopic (exact) mass is 414 g/mol. The Morgan fingerprint density at radius 2 is 1.90 bits per heavy atom. The average Bonchev–Trinajstić information content (AvgIpc) is 3.17. The Hall–Kier alpha value is 0.340. The van der Waals surface area contributed by atoms with Crippen molar-refractivity contribution >= 4 is 49.7 Å². The second-order valence-corrected chi connectivity index (χ2v) is 10.2. The SMILES string of the molecule is Cl.O=S(=O)(c1ccc(Br)s1)N1CCC(NCC2CC2)CC1. The number of rotatable bonds is 5. The third-order valence-corrected chi connectivity index (χ3v) is 7.98. The molecule has 3 rings (SSSR count). The fourth-order valence-corrected chi connectivity index (χ4v) is 6.15. The molecule has 2 heterocycles. The first-order valence-electron chi connectivity index (χ1n) is 7.04. The molecule has 1 aliphatic heterocycles. The first-order valence-corrected chi connectivity index (χ1v) is 10.1. The van der Waals surface area contributed by atoms with E-state index in [2.05, 4.69) is 21.2 Å². The third kappa shape index (κ3) is 4.42. The van der Waals surface area contributed by atoms with E-state index in [-0.39, 0.29) is 12.4 Å². The molecule has 0 aromatic carbocycles. The maximum atomic E-state index is 12.5. The minimum Gasteiger partial charge on any atom is -0.314 e. The number of nitrogens with zero attached hydrogens (tertiary/aromatic N) is 1. The smallest absolute Gasteiger partial charge is 0.252 e. The molecule has 4 nitrogen and oxygen atoms in total. The van der Waals surface area contributed by atoms with Crippen molar-refractivity contribution in [1.29, 1.82) is 0 Å². The summed E-state index contributed by atoms with van der Waals surface area (Å²) in [6.07, 6.45) is 4.54. The lowest BCUT2D eigenvalue weighted by atomic mass is 10.1. The van der Waals surface area contributed by atoms with Crippen LogP contribution in [0.1, 0.15) is 25.7 Å². The summed E-state index contributed by atoms with van der Waals surface area (Å²) >= 11 is 4.61. The number of hydrogen-bond acceptors (Lipinski definition) is 4. The van der Waals surface area contributed by atoms with Gasteiger partial charge in [0.05, 0.1) is 3.79 Å². The second kappa shape index (κ2) is 7.27. The molecular weight excluding hydrogens is 396 g/mol. The Balaban J connectivity index is 0.00000161. The third-order valence-electron chi connectivity index (χ3n) is 3.99. The molecule has 1 aromatic rings. The lowest BCUT2D eigenvalue weighted by Crippen LogP contribution is -2.45. The predicted octanol–water partition coefficient (Wildman–Crippen LogP) is 3.09. The Morgan fingerprint density at radius 1 is 1.24 bits per heavy atom. The van der Waals surface area contributed by atoms with Crippen molar-refractivity contribution in [2.45, 2.75) is 35.9 Å². The highest BCUT2D eigenvalue weighted by molar-refractivity contribution is 9.11. The predicted molar refractivity (Wildman–Crippen MR) is 91.8 cm³/mol. The molecule has 1 saturated heterocycles. The van der Waals surface area contributed by atoms with Gasteiger partial charge in [0.1, 0.15) is 4.21 Å². The summed E-state index contributed by atoms with van der Waals surface area (Å²) in [4.78, 5) is 0. The lowest BCUT2D eigenvalue weighted by molar-refractivity contribution is 0.288. The fourth-order valence-electron chi connectivity index (χ4n) is 2.52. The summed E-state index contributed by atoms with van der Waals surface area (Å²) in [5.41, 5.74) is 0. The molecular formula is C13H20BrClN2O2S2. The summed E-state index contributed by atoms with van der Waals surface area (Å²) in [6, 6.07) is 3.96. The number of hydrogen-bond donors (Lipinski definition) is 1. The van der Waals surface area contributed by atoms with Gasteiger partial charge in [-0.25, -0.2) is 8.42 Å². The van der Waals surface area contributed by atoms with E-state index in [0.29, 0.717) is 23.3 Å². The van der Waals surface area contributed by atoms with Gasteiger partial charge in [0, 0.05) is 19.1 Å². The summed E-state index contributed by atoms with van der Waals surface area (Å²) in [5, 5.41) is 3.57. The quantitative estimate of drug-likeness (QED) is 0.804. The van der Waals surface area contributed by atoms with E-state index in [4.69, 9.17) is 0 Å². The van der Waals surface area contributed by atoms with Gasteiger partial charge in [0.2, 0.25) is 0 Å². The van der Waals surface area contributed by atoms with Gasteiger partial charge >= 0.3 is 0 Å². The number of thiophene rings is 1. The zero-order chi connectivity index (χ0) is 14.2. The molecule has 0 bridgehead atoms. The maximum Gasteiger partial charge on any atom is 0.252 e. The van der Waals surface area contributed by atoms with Crippen LogP contribution in [0.5, 0.6) is 0 Å². The molecule has 120 valence electrons. The molecule has 0 unspecified atom stereocenters. The second-order valence-electron chi connectivity index (χ2n) is 5.59. The molecule has 1 N–H and O–H groups in total. The molecule has 0 atom stereocenters. The Kier molecular flexibility index (Phi) is 6.13. The van der Waals surface area contributed by atoms with E-state index < -0.39 is 10.0 Å². The molecule has 0 amide bonds. The normalized spacial score (nSPS) is 21.2. The van der Waals surface area contributed by atoms with E-state index in [9.17, 15) is 8.42 Å². The first-order chi connectivity index (χ1) is 9.55. The topological polar surface area (TPSA) is 49.4 Å². The molecule has 1 saturated carbocycles. The number of sulfonamides is 1. The van der Waals surface area contributed by atoms with Gasteiger partial charge in [-0.1, -0.05) is 0 Å². The van der Waals surface area contributed by atoms with E-state index in [1.54, 1.807) is 16.4 Å². The fraction of sp³-hybridized carbons (Fsp3) is 0.692. The zero-order valence-electron chi connectivity index (χ0n) is 11.6. The van der Waals surface area contributed by atoms with Crippen LogP contribution in [0.15, 0.2) is 20.1 Å². The first kappa shape index (κ1) is 17.7. The standard InChI is InChI=1S/C13H19BrN2O2S2.ClH/c14-12-3-4-13(19-12)20(17,18)16-7-5-11(6-8-16)15-9-10-1-2-10;/h3-4,10-11,15H,1-2,5-9H2;1H. The molecule has 21 heavy (non-hydrogen) atoms. The van der Waals surface area contributed by atoms with Gasteiger partial charge in [0.15, 0.2) is 0 Å². The van der Waals surface area contributed by atoms with Crippen LogP contribution in [-0.4, -0.2) is 38.4 Å². The molecule has 2 aliphatic rings. The van der Waals surface area contributed by atoms with Crippen LogP contribution in [-0.2, 0) is 10.0 Å². The van der Waals surface area contributed by atoms with Crippen molar-refractivity contribution in [3.63, 3.8) is 0 Å². The summed E-state index contributed by atoms with van der Waals surface area (Å²) in [5.74, 6) is 0.875. The largest absolute Gasteiger partial charge is 0.314 e. The van der Waals surface area contributed by atoms with Crippen LogP contribution >= 0.6 is 39.7 Å². The molecule has 8 heteroatoms. The van der Waals surface area contributed by atoms with Crippen molar-refractivity contribution in [3.8, 4) is 0 Å². The Labute approximate surface area is 144 Å². The molecule has 1 aliphatic carbocycles. The molecule has 0 spiro atoms. The van der Waals surface area contributed by atoms with Gasteiger partial charge in [-0.05, 0) is 66.2 Å². The van der Waals surface area contributed by atoms with Gasteiger partial charge in [-0.3, -0.25) is 0 Å². The van der Waals surface area contributed by atoms with E-state index in [0.717, 1.165) is 29.1 Å². The minimum absolute atomic E-state index is 0. The number of piperidine rings is 1. The average molecular weight is 416 g/mol. The van der Waals surface area contributed by atoms with E-state index >= 15 is 0 Å². The number of nitrogens with one attached hydrogen (secondary N) is 1.